The normalized spacial score (nSPS) is 19.5. The summed E-state index contributed by atoms with van der Waals surface area (Å²) in [5.41, 5.74) is 2.63. The molecular weight excluding hydrogens is 384 g/mol. The van der Waals surface area contributed by atoms with E-state index in [4.69, 9.17) is 17.3 Å². The minimum Gasteiger partial charge on any atom is -0.296 e. The van der Waals surface area contributed by atoms with E-state index >= 15 is 0 Å². The third kappa shape index (κ3) is 3.19. The van der Waals surface area contributed by atoms with Crippen molar-refractivity contribution in [2.24, 2.45) is 5.92 Å². The van der Waals surface area contributed by atoms with E-state index in [-0.39, 0.29) is 0 Å². The molecule has 0 radical (unpaired) electrons. The van der Waals surface area contributed by atoms with Crippen molar-refractivity contribution in [2.75, 3.05) is 6.54 Å². The van der Waals surface area contributed by atoms with Crippen LogP contribution in [0.25, 0.3) is 11.4 Å². The molecule has 28 heavy (non-hydrogen) atoms. The van der Waals surface area contributed by atoms with Crippen LogP contribution in [0.3, 0.4) is 0 Å². The average molecular weight is 409 g/mol. The second kappa shape index (κ2) is 7.43. The van der Waals surface area contributed by atoms with Crippen LogP contribution in [0, 0.1) is 10.7 Å². The summed E-state index contributed by atoms with van der Waals surface area (Å²) < 4.78 is 4.86. The number of benzene rings is 1. The van der Waals surface area contributed by atoms with E-state index in [1.54, 1.807) is 10.4 Å². The number of fused-ring (bicyclic) bond motifs is 1. The molecule has 1 atom stereocenters. The van der Waals surface area contributed by atoms with Crippen molar-refractivity contribution < 1.29 is 0 Å². The molecule has 0 amide bonds. The summed E-state index contributed by atoms with van der Waals surface area (Å²) in [6.45, 7) is 6.40. The first-order valence-electron chi connectivity index (χ1n) is 9.90. The van der Waals surface area contributed by atoms with Gasteiger partial charge in [-0.05, 0) is 54.4 Å². The average Bonchev–Trinajstić information content (AvgIpc) is 3.37. The first-order valence-corrected chi connectivity index (χ1v) is 11.2. The van der Waals surface area contributed by atoms with Gasteiger partial charge in [0.05, 0.1) is 6.67 Å². The van der Waals surface area contributed by atoms with Gasteiger partial charge in [-0.2, -0.15) is 5.10 Å². The zero-order valence-electron chi connectivity index (χ0n) is 15.8. The lowest BCUT2D eigenvalue weighted by atomic mass is 9.96. The van der Waals surface area contributed by atoms with Crippen LogP contribution in [0.15, 0.2) is 54.4 Å². The zero-order valence-corrected chi connectivity index (χ0v) is 17.5. The molecule has 4 nitrogen and oxygen atoms in total. The summed E-state index contributed by atoms with van der Waals surface area (Å²) in [4.78, 5) is 4.15. The van der Waals surface area contributed by atoms with E-state index < -0.39 is 0 Å². The second-order valence-electron chi connectivity index (χ2n) is 7.66. The Hall–Kier alpha value is -2.02. The van der Waals surface area contributed by atoms with Crippen LogP contribution in [0.2, 0.25) is 0 Å². The highest BCUT2D eigenvalue weighted by Gasteiger charge is 2.40. The maximum atomic E-state index is 5.82. The smallest absolute Gasteiger partial charge is 0.199 e. The molecule has 2 aromatic heterocycles. The molecule has 2 aliphatic rings. The Bertz CT molecular complexity index is 1040. The molecular formula is C22H24N4S2. The van der Waals surface area contributed by atoms with Gasteiger partial charge in [-0.1, -0.05) is 36.4 Å². The van der Waals surface area contributed by atoms with Crippen molar-refractivity contribution in [3.8, 4) is 11.4 Å². The molecule has 6 heteroatoms. The molecule has 3 aromatic rings. The highest BCUT2D eigenvalue weighted by atomic mass is 32.1. The molecule has 0 N–H and O–H groups in total. The van der Waals surface area contributed by atoms with E-state index in [2.05, 4.69) is 39.6 Å². The molecule has 144 valence electrons. The molecule has 1 aromatic carbocycles. The summed E-state index contributed by atoms with van der Waals surface area (Å²) in [5, 5.41) is 7.19. The first kappa shape index (κ1) is 18.0. The van der Waals surface area contributed by atoms with Gasteiger partial charge in [0, 0.05) is 29.6 Å². The van der Waals surface area contributed by atoms with Crippen molar-refractivity contribution in [2.45, 2.75) is 38.5 Å². The van der Waals surface area contributed by atoms with E-state index in [0.717, 1.165) is 41.7 Å². The lowest BCUT2D eigenvalue weighted by Crippen LogP contribution is -2.37. The van der Waals surface area contributed by atoms with E-state index in [0.29, 0.717) is 12.6 Å². The fraction of sp³-hybridized carbons (Fsp3) is 0.364. The molecule has 0 unspecified atom stereocenters. The van der Waals surface area contributed by atoms with Gasteiger partial charge in [0.15, 0.2) is 10.6 Å². The summed E-state index contributed by atoms with van der Waals surface area (Å²) in [5.74, 6) is 1.70. The van der Waals surface area contributed by atoms with Crippen LogP contribution < -0.4 is 0 Å². The van der Waals surface area contributed by atoms with Crippen LogP contribution >= 0.6 is 23.6 Å². The lowest BCUT2D eigenvalue weighted by Gasteiger charge is -2.35. The number of thiophene rings is 1. The fourth-order valence-corrected chi connectivity index (χ4v) is 5.49. The number of rotatable bonds is 6. The molecule has 0 bridgehead atoms. The van der Waals surface area contributed by atoms with Crippen LogP contribution in [0.4, 0.5) is 0 Å². The van der Waals surface area contributed by atoms with E-state index in [1.165, 1.54) is 12.8 Å². The highest BCUT2D eigenvalue weighted by molar-refractivity contribution is 7.71. The lowest BCUT2D eigenvalue weighted by molar-refractivity contribution is 0.117. The number of aromatic nitrogens is 3. The summed E-state index contributed by atoms with van der Waals surface area (Å²) in [6, 6.07) is 13.1. The van der Waals surface area contributed by atoms with Crippen molar-refractivity contribution in [3.05, 3.63) is 69.6 Å². The van der Waals surface area contributed by atoms with Crippen LogP contribution in [-0.2, 0) is 19.6 Å². The zero-order chi connectivity index (χ0) is 19.1. The van der Waals surface area contributed by atoms with Crippen molar-refractivity contribution >= 4 is 23.6 Å². The molecule has 1 fully saturated rings. The summed E-state index contributed by atoms with van der Waals surface area (Å²) in [6.07, 6.45) is 5.69. The van der Waals surface area contributed by atoms with Gasteiger partial charge in [0.1, 0.15) is 0 Å². The maximum absolute atomic E-state index is 5.82. The van der Waals surface area contributed by atoms with Gasteiger partial charge in [-0.15, -0.1) is 17.9 Å². The van der Waals surface area contributed by atoms with Crippen molar-refractivity contribution in [3.63, 3.8) is 0 Å². The highest BCUT2D eigenvalue weighted by Crippen LogP contribution is 2.48. The quantitative estimate of drug-likeness (QED) is 0.409. The molecule has 0 saturated heterocycles. The van der Waals surface area contributed by atoms with Gasteiger partial charge in [0.25, 0.3) is 0 Å². The van der Waals surface area contributed by atoms with Crippen molar-refractivity contribution in [1.82, 2.24) is 19.2 Å². The Morgan fingerprint density at radius 1 is 1.21 bits per heavy atom. The number of allylic oxidation sites excluding steroid dienone is 1. The summed E-state index contributed by atoms with van der Waals surface area (Å²) in [7, 11) is 0. The van der Waals surface area contributed by atoms with Crippen LogP contribution in [0.1, 0.15) is 29.3 Å². The molecule has 3 heterocycles. The minimum atomic E-state index is 0.515. The van der Waals surface area contributed by atoms with Gasteiger partial charge in [-0.25, -0.2) is 4.68 Å². The van der Waals surface area contributed by atoms with Crippen LogP contribution in [-0.4, -0.2) is 25.8 Å². The predicted octanol–water partition coefficient (Wildman–Crippen LogP) is 5.30. The fourth-order valence-electron chi connectivity index (χ4n) is 4.32. The molecule has 1 aliphatic heterocycles. The molecule has 1 saturated carbocycles. The topological polar surface area (TPSA) is 26.0 Å². The van der Waals surface area contributed by atoms with Crippen LogP contribution in [0.5, 0.6) is 0 Å². The van der Waals surface area contributed by atoms with Gasteiger partial charge in [-0.3, -0.25) is 9.47 Å². The van der Waals surface area contributed by atoms with Gasteiger partial charge < -0.3 is 0 Å². The van der Waals surface area contributed by atoms with Crippen molar-refractivity contribution in [1.29, 1.82) is 0 Å². The Balaban J connectivity index is 1.50. The minimum absolute atomic E-state index is 0.515. The Kier molecular flexibility index (Phi) is 4.78. The largest absolute Gasteiger partial charge is 0.296 e. The Labute approximate surface area is 174 Å². The Morgan fingerprint density at radius 3 is 2.79 bits per heavy atom. The second-order valence-corrected chi connectivity index (χ2v) is 9.02. The monoisotopic (exact) mass is 408 g/mol. The van der Waals surface area contributed by atoms with E-state index in [1.807, 2.05) is 40.3 Å². The Morgan fingerprint density at radius 2 is 2.04 bits per heavy atom. The standard InChI is InChI=1S/C22H24N4S2/c1-2-12-25-21(17-6-4-3-5-7-17)23-26(22(25)27)15-24-13-10-19-18(11-14-28-19)20(24)16-8-9-16/h2-7,11,14,16,20H,1,8-10,12-13,15H2/t20-/m1/s1. The first-order chi connectivity index (χ1) is 13.8. The number of hydrogen-bond acceptors (Lipinski definition) is 4. The molecule has 5 rings (SSSR count). The third-order valence-electron chi connectivity index (χ3n) is 5.77. The predicted molar refractivity (Wildman–Crippen MR) is 117 cm³/mol. The number of nitrogens with zero attached hydrogens (tertiary/aromatic N) is 4. The SMILES string of the molecule is C=CCn1c(-c2ccccc2)nn(CN2CCc3sccc3[C@H]2C2CC2)c1=S. The molecule has 0 spiro atoms. The van der Waals surface area contributed by atoms with Gasteiger partial charge in [0.2, 0.25) is 0 Å². The van der Waals surface area contributed by atoms with Gasteiger partial charge >= 0.3 is 0 Å². The maximum Gasteiger partial charge on any atom is 0.199 e. The third-order valence-corrected chi connectivity index (χ3v) is 7.20. The number of hydrogen-bond donors (Lipinski definition) is 0. The van der Waals surface area contributed by atoms with E-state index in [9.17, 15) is 0 Å². The summed E-state index contributed by atoms with van der Waals surface area (Å²) >= 11 is 7.73. The molecule has 1 aliphatic carbocycles.